The molecule has 0 atom stereocenters. The smallest absolute Gasteiger partial charge is 0.337 e. The van der Waals surface area contributed by atoms with Gasteiger partial charge in [0.25, 0.3) is 5.91 Å². The zero-order chi connectivity index (χ0) is 20.6. The highest BCUT2D eigenvalue weighted by Gasteiger charge is 2.19. The molecule has 7 heteroatoms. The summed E-state index contributed by atoms with van der Waals surface area (Å²) in [7, 11) is 1.32. The number of esters is 1. The molecule has 1 heterocycles. The van der Waals surface area contributed by atoms with Crippen LogP contribution >= 0.6 is 0 Å². The lowest BCUT2D eigenvalue weighted by Gasteiger charge is -2.22. The van der Waals surface area contributed by atoms with Gasteiger partial charge in [0.1, 0.15) is 5.75 Å². The molecular weight excluding hydrogens is 370 g/mol. The molecule has 1 aliphatic heterocycles. The topological polar surface area (TPSA) is 91.7 Å². The Morgan fingerprint density at radius 1 is 1.14 bits per heavy atom. The Morgan fingerprint density at radius 3 is 2.52 bits per heavy atom. The summed E-state index contributed by atoms with van der Waals surface area (Å²) in [5.41, 5.74) is 2.70. The van der Waals surface area contributed by atoms with E-state index in [1.165, 1.54) is 7.11 Å². The van der Waals surface area contributed by atoms with Crippen LogP contribution in [0.15, 0.2) is 42.5 Å². The molecule has 7 nitrogen and oxygen atoms in total. The molecule has 0 aliphatic carbocycles. The summed E-state index contributed by atoms with van der Waals surface area (Å²) in [4.78, 5) is 26.5. The number of hydrogen-bond donors (Lipinski definition) is 1. The Morgan fingerprint density at radius 2 is 1.86 bits per heavy atom. The van der Waals surface area contributed by atoms with Crippen molar-refractivity contribution in [1.82, 2.24) is 0 Å². The number of nitriles is 1. The molecule has 29 heavy (non-hydrogen) atoms. The Hall–Kier alpha value is -3.53. The van der Waals surface area contributed by atoms with Crippen molar-refractivity contribution in [3.63, 3.8) is 0 Å². The van der Waals surface area contributed by atoms with Gasteiger partial charge in [-0.2, -0.15) is 5.26 Å². The fraction of sp³-hybridized carbons (Fsp3) is 0.318. The average molecular weight is 393 g/mol. The highest BCUT2D eigenvalue weighted by molar-refractivity contribution is 5.98. The van der Waals surface area contributed by atoms with Gasteiger partial charge < -0.3 is 19.7 Å². The Bertz CT molecular complexity index is 913. The third-order valence-corrected chi connectivity index (χ3v) is 4.71. The number of nitrogens with one attached hydrogen (secondary N) is 1. The summed E-state index contributed by atoms with van der Waals surface area (Å²) in [6, 6.07) is 14.3. The first kappa shape index (κ1) is 20.2. The molecule has 1 saturated heterocycles. The minimum Gasteiger partial charge on any atom is -0.484 e. The third kappa shape index (κ3) is 5.26. The quantitative estimate of drug-likeness (QED) is 0.727. The summed E-state index contributed by atoms with van der Waals surface area (Å²) in [6.45, 7) is 1.65. The van der Waals surface area contributed by atoms with E-state index in [0.29, 0.717) is 23.4 Å². The minimum atomic E-state index is -0.456. The number of carbonyl (C=O) groups is 2. The van der Waals surface area contributed by atoms with E-state index in [2.05, 4.69) is 16.3 Å². The van der Waals surface area contributed by atoms with Crippen molar-refractivity contribution in [1.29, 1.82) is 5.26 Å². The molecule has 0 bridgehead atoms. The van der Waals surface area contributed by atoms with Gasteiger partial charge in [-0.3, -0.25) is 4.79 Å². The predicted molar refractivity (Wildman–Crippen MR) is 109 cm³/mol. The van der Waals surface area contributed by atoms with Crippen LogP contribution in [0.5, 0.6) is 5.75 Å². The summed E-state index contributed by atoms with van der Waals surface area (Å²) >= 11 is 0. The Balaban J connectivity index is 1.69. The number of hydrogen-bond acceptors (Lipinski definition) is 6. The molecule has 2 aromatic rings. The molecule has 1 fully saturated rings. The van der Waals surface area contributed by atoms with Gasteiger partial charge >= 0.3 is 5.97 Å². The molecule has 1 N–H and O–H groups in total. The van der Waals surface area contributed by atoms with E-state index >= 15 is 0 Å². The number of methoxy groups -OCH3 is 1. The lowest BCUT2D eigenvalue weighted by atomic mass is 10.1. The van der Waals surface area contributed by atoms with Crippen LogP contribution in [0.3, 0.4) is 0 Å². The van der Waals surface area contributed by atoms with E-state index < -0.39 is 5.97 Å². The van der Waals surface area contributed by atoms with Crippen molar-refractivity contribution < 1.29 is 19.1 Å². The zero-order valence-corrected chi connectivity index (χ0v) is 16.3. The van der Waals surface area contributed by atoms with Crippen molar-refractivity contribution in [2.75, 3.05) is 37.0 Å². The van der Waals surface area contributed by atoms with Gasteiger partial charge in [0.05, 0.1) is 36.5 Å². The Labute approximate surface area is 169 Å². The maximum Gasteiger partial charge on any atom is 0.337 e. The van der Waals surface area contributed by atoms with Gasteiger partial charge in [0, 0.05) is 13.1 Å². The first-order chi connectivity index (χ1) is 14.1. The van der Waals surface area contributed by atoms with Crippen molar-refractivity contribution in [2.24, 2.45) is 0 Å². The van der Waals surface area contributed by atoms with Gasteiger partial charge in [0.15, 0.2) is 6.61 Å². The molecule has 0 spiro atoms. The van der Waals surface area contributed by atoms with Crippen LogP contribution in [0, 0.1) is 11.3 Å². The van der Waals surface area contributed by atoms with E-state index in [-0.39, 0.29) is 12.5 Å². The van der Waals surface area contributed by atoms with Gasteiger partial charge in [-0.25, -0.2) is 4.79 Å². The predicted octanol–water partition coefficient (Wildman–Crippen LogP) is 3.16. The maximum atomic E-state index is 12.5. The number of ether oxygens (including phenoxy) is 2. The van der Waals surface area contributed by atoms with Gasteiger partial charge in [-0.15, -0.1) is 0 Å². The molecule has 1 aliphatic rings. The second-order valence-electron chi connectivity index (χ2n) is 6.73. The fourth-order valence-corrected chi connectivity index (χ4v) is 3.24. The zero-order valence-electron chi connectivity index (χ0n) is 16.3. The second kappa shape index (κ2) is 9.60. The molecule has 0 unspecified atom stereocenters. The SMILES string of the molecule is COC(=O)c1ccc(N2CCCC2)c(NC(=O)COc2ccc(CC#N)cc2)c1. The highest BCUT2D eigenvalue weighted by atomic mass is 16.5. The van der Waals surface area contributed by atoms with Gasteiger partial charge in [0.2, 0.25) is 0 Å². The number of rotatable bonds is 7. The molecule has 0 radical (unpaired) electrons. The van der Waals surface area contributed by atoms with Crippen molar-refractivity contribution >= 4 is 23.3 Å². The molecule has 150 valence electrons. The van der Waals surface area contributed by atoms with Crippen LogP contribution in [0.25, 0.3) is 0 Å². The van der Waals surface area contributed by atoms with Crippen molar-refractivity contribution in [3.8, 4) is 11.8 Å². The van der Waals surface area contributed by atoms with Crippen molar-refractivity contribution in [2.45, 2.75) is 19.3 Å². The number of benzene rings is 2. The van der Waals surface area contributed by atoms with E-state index in [9.17, 15) is 9.59 Å². The van der Waals surface area contributed by atoms with E-state index in [1.54, 1.807) is 36.4 Å². The molecule has 3 rings (SSSR count). The van der Waals surface area contributed by atoms with E-state index in [1.807, 2.05) is 6.07 Å². The van der Waals surface area contributed by atoms with E-state index in [4.69, 9.17) is 14.7 Å². The first-order valence-corrected chi connectivity index (χ1v) is 9.46. The highest BCUT2D eigenvalue weighted by Crippen LogP contribution is 2.30. The van der Waals surface area contributed by atoms with Crippen LogP contribution < -0.4 is 15.0 Å². The molecule has 1 amide bonds. The lowest BCUT2D eigenvalue weighted by molar-refractivity contribution is -0.118. The first-order valence-electron chi connectivity index (χ1n) is 9.46. The van der Waals surface area contributed by atoms with Crippen LogP contribution in [-0.2, 0) is 16.0 Å². The normalized spacial score (nSPS) is 12.9. The number of amides is 1. The number of carbonyl (C=O) groups excluding carboxylic acids is 2. The molecule has 0 aromatic heterocycles. The van der Waals surface area contributed by atoms with Crippen LogP contribution in [-0.4, -0.2) is 38.7 Å². The van der Waals surface area contributed by atoms with E-state index in [0.717, 1.165) is 37.2 Å². The number of nitrogens with zero attached hydrogens (tertiary/aromatic N) is 2. The van der Waals surface area contributed by atoms with Crippen LogP contribution in [0.2, 0.25) is 0 Å². The average Bonchev–Trinajstić information content (AvgIpc) is 3.27. The standard InChI is InChI=1S/C22H23N3O4/c1-28-22(27)17-6-9-20(25-12-2-3-13-25)19(14-17)24-21(26)15-29-18-7-4-16(5-8-18)10-11-23/h4-9,14H,2-3,10,12-13,15H2,1H3,(H,24,26). The summed E-state index contributed by atoms with van der Waals surface area (Å²) < 4.78 is 10.3. The molecule has 0 saturated carbocycles. The third-order valence-electron chi connectivity index (χ3n) is 4.71. The summed E-state index contributed by atoms with van der Waals surface area (Å²) in [5.74, 6) is -0.235. The Kier molecular flexibility index (Phi) is 6.69. The van der Waals surface area contributed by atoms with Crippen LogP contribution in [0.1, 0.15) is 28.8 Å². The molecular formula is C22H23N3O4. The summed E-state index contributed by atoms with van der Waals surface area (Å²) in [6.07, 6.45) is 2.52. The summed E-state index contributed by atoms with van der Waals surface area (Å²) in [5, 5.41) is 11.6. The minimum absolute atomic E-state index is 0.167. The fourth-order valence-electron chi connectivity index (χ4n) is 3.24. The van der Waals surface area contributed by atoms with Crippen molar-refractivity contribution in [3.05, 3.63) is 53.6 Å². The molecule has 2 aromatic carbocycles. The lowest BCUT2D eigenvalue weighted by Crippen LogP contribution is -2.24. The van der Waals surface area contributed by atoms with Crippen LogP contribution in [0.4, 0.5) is 11.4 Å². The monoisotopic (exact) mass is 393 g/mol. The number of anilines is 2. The van der Waals surface area contributed by atoms with Gasteiger partial charge in [-0.05, 0) is 48.7 Å². The maximum absolute atomic E-state index is 12.5. The largest absolute Gasteiger partial charge is 0.484 e. The van der Waals surface area contributed by atoms with Gasteiger partial charge in [-0.1, -0.05) is 12.1 Å². The second-order valence-corrected chi connectivity index (χ2v) is 6.73.